The van der Waals surface area contributed by atoms with Gasteiger partial charge in [-0.05, 0) is 43.2 Å². The lowest BCUT2D eigenvalue weighted by atomic mass is 10.2. The number of anilines is 1. The van der Waals surface area contributed by atoms with Gasteiger partial charge in [0.2, 0.25) is 10.0 Å². The number of carbonyl (C=O) groups excluding carboxylic acids is 1. The number of hydrogen-bond acceptors (Lipinski definition) is 5. The first-order valence-corrected chi connectivity index (χ1v) is 11.8. The molecular formula is C20H19F2N3O3S2. The van der Waals surface area contributed by atoms with Crippen molar-refractivity contribution in [3.05, 3.63) is 53.6 Å². The van der Waals surface area contributed by atoms with Gasteiger partial charge in [-0.2, -0.15) is 4.31 Å². The second-order valence-corrected chi connectivity index (χ2v) is 10.0. The highest BCUT2D eigenvalue weighted by molar-refractivity contribution is 7.89. The van der Waals surface area contributed by atoms with Gasteiger partial charge in [0.15, 0.2) is 10.9 Å². The maximum absolute atomic E-state index is 13.8. The van der Waals surface area contributed by atoms with Crippen molar-refractivity contribution in [3.8, 4) is 0 Å². The van der Waals surface area contributed by atoms with Crippen molar-refractivity contribution in [3.63, 3.8) is 0 Å². The molecule has 1 saturated heterocycles. The first kappa shape index (κ1) is 20.8. The molecule has 1 amide bonds. The van der Waals surface area contributed by atoms with Gasteiger partial charge in [0.25, 0.3) is 5.91 Å². The van der Waals surface area contributed by atoms with Crippen LogP contribution >= 0.6 is 11.3 Å². The van der Waals surface area contributed by atoms with E-state index in [1.807, 2.05) is 0 Å². The summed E-state index contributed by atoms with van der Waals surface area (Å²) in [4.78, 5) is 16.6. The summed E-state index contributed by atoms with van der Waals surface area (Å²) >= 11 is 0.951. The SMILES string of the molecule is O=C(Nc1nc2c(F)cc(F)cc2s1)c1ccc(S(=O)(=O)N2CCCCCC2)cc1. The van der Waals surface area contributed by atoms with Crippen molar-refractivity contribution in [2.75, 3.05) is 18.4 Å². The number of nitrogens with one attached hydrogen (secondary N) is 1. The molecular weight excluding hydrogens is 432 g/mol. The summed E-state index contributed by atoms with van der Waals surface area (Å²) < 4.78 is 54.5. The number of aromatic nitrogens is 1. The number of benzene rings is 2. The average molecular weight is 452 g/mol. The molecule has 1 fully saturated rings. The molecule has 1 aliphatic heterocycles. The van der Waals surface area contributed by atoms with E-state index in [4.69, 9.17) is 0 Å². The van der Waals surface area contributed by atoms with Crippen molar-refractivity contribution in [1.82, 2.24) is 9.29 Å². The van der Waals surface area contributed by atoms with Crippen LogP contribution in [0.2, 0.25) is 0 Å². The Labute approximate surface area is 176 Å². The molecule has 2 heterocycles. The lowest BCUT2D eigenvalue weighted by Gasteiger charge is -2.20. The van der Waals surface area contributed by atoms with Gasteiger partial charge in [-0.15, -0.1) is 0 Å². The minimum absolute atomic E-state index is 0.0180. The van der Waals surface area contributed by atoms with E-state index in [0.29, 0.717) is 13.1 Å². The van der Waals surface area contributed by atoms with Gasteiger partial charge in [0.05, 0.1) is 9.60 Å². The molecule has 3 aromatic rings. The van der Waals surface area contributed by atoms with Crippen LogP contribution in [0.5, 0.6) is 0 Å². The number of carbonyl (C=O) groups is 1. The molecule has 0 radical (unpaired) electrons. The lowest BCUT2D eigenvalue weighted by Crippen LogP contribution is -2.31. The second-order valence-electron chi connectivity index (χ2n) is 7.05. The zero-order valence-corrected chi connectivity index (χ0v) is 17.5. The van der Waals surface area contributed by atoms with Crippen molar-refractivity contribution in [2.24, 2.45) is 0 Å². The third kappa shape index (κ3) is 4.21. The van der Waals surface area contributed by atoms with E-state index in [9.17, 15) is 22.0 Å². The summed E-state index contributed by atoms with van der Waals surface area (Å²) in [7, 11) is -3.60. The van der Waals surface area contributed by atoms with E-state index in [2.05, 4.69) is 10.3 Å². The van der Waals surface area contributed by atoms with E-state index < -0.39 is 27.6 Å². The first-order valence-electron chi connectivity index (χ1n) is 9.52. The third-order valence-electron chi connectivity index (χ3n) is 4.95. The summed E-state index contributed by atoms with van der Waals surface area (Å²) in [6, 6.07) is 7.54. The summed E-state index contributed by atoms with van der Waals surface area (Å²) in [5.41, 5.74) is 0.214. The van der Waals surface area contributed by atoms with Crippen LogP contribution in [-0.4, -0.2) is 36.7 Å². The fourth-order valence-corrected chi connectivity index (χ4v) is 5.81. The van der Waals surface area contributed by atoms with Crippen LogP contribution in [0, 0.1) is 11.6 Å². The molecule has 2 aromatic carbocycles. The highest BCUT2D eigenvalue weighted by Gasteiger charge is 2.25. The maximum Gasteiger partial charge on any atom is 0.257 e. The molecule has 6 nitrogen and oxygen atoms in total. The number of nitrogens with zero attached hydrogens (tertiary/aromatic N) is 2. The van der Waals surface area contributed by atoms with Crippen molar-refractivity contribution in [2.45, 2.75) is 30.6 Å². The summed E-state index contributed by atoms with van der Waals surface area (Å²) in [5.74, 6) is -2.04. The van der Waals surface area contributed by atoms with Gasteiger partial charge >= 0.3 is 0 Å². The highest BCUT2D eigenvalue weighted by Crippen LogP contribution is 2.29. The molecule has 0 spiro atoms. The number of rotatable bonds is 4. The lowest BCUT2D eigenvalue weighted by molar-refractivity contribution is 0.102. The number of thiazole rings is 1. The smallest absolute Gasteiger partial charge is 0.257 e. The molecule has 1 N–H and O–H groups in total. The molecule has 0 unspecified atom stereocenters. The Hall–Kier alpha value is -2.43. The number of hydrogen-bond donors (Lipinski definition) is 1. The van der Waals surface area contributed by atoms with Gasteiger partial charge < -0.3 is 0 Å². The molecule has 30 heavy (non-hydrogen) atoms. The zero-order chi connectivity index (χ0) is 21.3. The minimum Gasteiger partial charge on any atom is -0.298 e. The van der Waals surface area contributed by atoms with E-state index in [-0.39, 0.29) is 25.8 Å². The monoisotopic (exact) mass is 451 g/mol. The molecule has 158 valence electrons. The van der Waals surface area contributed by atoms with Gasteiger partial charge in [-0.25, -0.2) is 22.2 Å². The Bertz CT molecular complexity index is 1190. The van der Waals surface area contributed by atoms with Crippen molar-refractivity contribution in [1.29, 1.82) is 0 Å². The van der Waals surface area contributed by atoms with Gasteiger partial charge in [-0.1, -0.05) is 24.2 Å². The Kier molecular flexibility index (Phi) is 5.81. The van der Waals surface area contributed by atoms with Crippen LogP contribution in [0.4, 0.5) is 13.9 Å². The predicted octanol–water partition coefficient (Wildman–Crippen LogP) is 4.39. The Balaban J connectivity index is 1.51. The Morgan fingerprint density at radius 1 is 1.03 bits per heavy atom. The van der Waals surface area contributed by atoms with E-state index in [0.717, 1.165) is 49.2 Å². The largest absolute Gasteiger partial charge is 0.298 e. The van der Waals surface area contributed by atoms with Crippen molar-refractivity contribution < 1.29 is 22.0 Å². The predicted molar refractivity (Wildman–Crippen MR) is 111 cm³/mol. The fraction of sp³-hybridized carbons (Fsp3) is 0.300. The van der Waals surface area contributed by atoms with Crippen LogP contribution < -0.4 is 5.32 Å². The fourth-order valence-electron chi connectivity index (χ4n) is 3.39. The molecule has 1 aromatic heterocycles. The normalized spacial score (nSPS) is 15.8. The quantitative estimate of drug-likeness (QED) is 0.638. The van der Waals surface area contributed by atoms with Crippen LogP contribution in [0.1, 0.15) is 36.0 Å². The average Bonchev–Trinajstić information content (AvgIpc) is 2.92. The van der Waals surface area contributed by atoms with E-state index >= 15 is 0 Å². The number of halogens is 2. The molecule has 10 heteroatoms. The van der Waals surface area contributed by atoms with Gasteiger partial charge in [-0.3, -0.25) is 10.1 Å². The number of fused-ring (bicyclic) bond motifs is 1. The van der Waals surface area contributed by atoms with Gasteiger partial charge in [0.1, 0.15) is 11.3 Å². The van der Waals surface area contributed by atoms with Crippen LogP contribution in [0.3, 0.4) is 0 Å². The summed E-state index contributed by atoms with van der Waals surface area (Å²) in [6.07, 6.45) is 3.72. The summed E-state index contributed by atoms with van der Waals surface area (Å²) in [6.45, 7) is 0.999. The Morgan fingerprint density at radius 2 is 1.70 bits per heavy atom. The second kappa shape index (κ2) is 8.37. The minimum atomic E-state index is -3.60. The third-order valence-corrected chi connectivity index (χ3v) is 7.78. The van der Waals surface area contributed by atoms with Gasteiger partial charge in [0, 0.05) is 24.7 Å². The molecule has 1 aliphatic rings. The zero-order valence-electron chi connectivity index (χ0n) is 15.9. The molecule has 4 rings (SSSR count). The first-order chi connectivity index (χ1) is 14.3. The topological polar surface area (TPSA) is 79.4 Å². The summed E-state index contributed by atoms with van der Waals surface area (Å²) in [5, 5.41) is 2.67. The number of amides is 1. The van der Waals surface area contributed by atoms with E-state index in [1.165, 1.54) is 28.6 Å². The molecule has 0 atom stereocenters. The van der Waals surface area contributed by atoms with Crippen LogP contribution in [0.25, 0.3) is 10.2 Å². The van der Waals surface area contributed by atoms with Crippen LogP contribution in [-0.2, 0) is 10.0 Å². The standard InChI is InChI=1S/C20H19F2N3O3S2/c21-14-11-16(22)18-17(12-14)29-20(23-18)24-19(26)13-5-7-15(8-6-13)30(27,28)25-9-3-1-2-4-10-25/h5-8,11-12H,1-4,9-10H2,(H,23,24,26). The van der Waals surface area contributed by atoms with Crippen LogP contribution in [0.15, 0.2) is 41.3 Å². The maximum atomic E-state index is 13.8. The molecule has 0 saturated carbocycles. The van der Waals surface area contributed by atoms with E-state index in [1.54, 1.807) is 0 Å². The molecule has 0 aliphatic carbocycles. The molecule has 0 bridgehead atoms. The Morgan fingerprint density at radius 3 is 2.37 bits per heavy atom. The number of sulfonamides is 1. The highest BCUT2D eigenvalue weighted by atomic mass is 32.2. The van der Waals surface area contributed by atoms with Crippen molar-refractivity contribution >= 4 is 42.6 Å².